The normalized spacial score (nSPS) is 27.2. The Labute approximate surface area is 95.9 Å². The molecule has 0 N–H and O–H groups in total. The number of methoxy groups -OCH3 is 1. The highest BCUT2D eigenvalue weighted by atomic mass is 16.5. The van der Waals surface area contributed by atoms with E-state index in [2.05, 4.69) is 0 Å². The first-order valence-corrected chi connectivity index (χ1v) is 6.09. The number of hydrogen-bond acceptors (Lipinski definition) is 3. The van der Waals surface area contributed by atoms with Gasteiger partial charge in [0.15, 0.2) is 0 Å². The number of esters is 1. The second-order valence-electron chi connectivity index (χ2n) is 4.76. The Morgan fingerprint density at radius 3 is 2.62 bits per heavy atom. The minimum Gasteiger partial charge on any atom is -0.469 e. The largest absolute Gasteiger partial charge is 0.469 e. The molecule has 1 aliphatic carbocycles. The highest BCUT2D eigenvalue weighted by molar-refractivity contribution is 5.86. The fraction of sp³-hybridized carbons (Fsp3) is 0.833. The second-order valence-corrected chi connectivity index (χ2v) is 4.76. The fourth-order valence-corrected chi connectivity index (χ4v) is 2.80. The molecule has 0 radical (unpaired) electrons. The molecule has 0 unspecified atom stereocenters. The van der Waals surface area contributed by atoms with Gasteiger partial charge in [-0.3, -0.25) is 9.59 Å². The van der Waals surface area contributed by atoms with Gasteiger partial charge in [-0.25, -0.2) is 0 Å². The van der Waals surface area contributed by atoms with Crippen LogP contribution in [0.2, 0.25) is 0 Å². The van der Waals surface area contributed by atoms with Gasteiger partial charge in [-0.15, -0.1) is 0 Å². The fourth-order valence-electron chi connectivity index (χ4n) is 2.80. The van der Waals surface area contributed by atoms with E-state index in [1.807, 2.05) is 4.90 Å². The predicted octanol–water partition coefficient (Wildman–Crippen LogP) is 1.34. The van der Waals surface area contributed by atoms with E-state index in [9.17, 15) is 9.59 Å². The summed E-state index contributed by atoms with van der Waals surface area (Å²) in [5, 5.41) is 0. The third-order valence-electron chi connectivity index (χ3n) is 3.71. The molecule has 2 fully saturated rings. The van der Waals surface area contributed by atoms with Gasteiger partial charge in [-0.1, -0.05) is 19.3 Å². The molecule has 4 heteroatoms. The highest BCUT2D eigenvalue weighted by Crippen LogP contribution is 2.28. The molecule has 1 aliphatic heterocycles. The zero-order valence-corrected chi connectivity index (χ0v) is 9.78. The van der Waals surface area contributed by atoms with Crippen molar-refractivity contribution in [3.05, 3.63) is 0 Å². The Morgan fingerprint density at radius 2 is 2.00 bits per heavy atom. The lowest BCUT2D eigenvalue weighted by Crippen LogP contribution is -2.38. The second kappa shape index (κ2) is 4.85. The summed E-state index contributed by atoms with van der Waals surface area (Å²) in [6, 6.07) is 0.371. The Kier molecular flexibility index (Phi) is 3.46. The third-order valence-corrected chi connectivity index (χ3v) is 3.71. The first-order chi connectivity index (χ1) is 7.72. The van der Waals surface area contributed by atoms with Crippen LogP contribution >= 0.6 is 0 Å². The van der Waals surface area contributed by atoms with Crippen LogP contribution in [0.4, 0.5) is 0 Å². The molecule has 0 aromatic rings. The molecule has 1 saturated carbocycles. The van der Waals surface area contributed by atoms with Gasteiger partial charge < -0.3 is 9.64 Å². The summed E-state index contributed by atoms with van der Waals surface area (Å²) in [6.07, 6.45) is 6.22. The predicted molar refractivity (Wildman–Crippen MR) is 58.7 cm³/mol. The summed E-state index contributed by atoms with van der Waals surface area (Å²) in [4.78, 5) is 25.1. The average Bonchev–Trinajstić information content (AvgIpc) is 2.71. The number of amides is 1. The minimum absolute atomic E-state index is 0.127. The monoisotopic (exact) mass is 225 g/mol. The molecule has 1 amide bonds. The zero-order valence-electron chi connectivity index (χ0n) is 9.78. The molecule has 1 heterocycles. The van der Waals surface area contributed by atoms with E-state index in [0.29, 0.717) is 19.0 Å². The van der Waals surface area contributed by atoms with Crippen LogP contribution in [-0.4, -0.2) is 36.5 Å². The number of nitrogens with zero attached hydrogens (tertiary/aromatic N) is 1. The lowest BCUT2D eigenvalue weighted by Gasteiger charge is -2.31. The van der Waals surface area contributed by atoms with Gasteiger partial charge in [-0.2, -0.15) is 0 Å². The molecule has 0 aromatic carbocycles. The Balaban J connectivity index is 1.96. The molecular formula is C12H19NO3. The average molecular weight is 225 g/mol. The van der Waals surface area contributed by atoms with E-state index in [1.54, 1.807) is 0 Å². The molecule has 2 rings (SSSR count). The molecule has 0 spiro atoms. The summed E-state index contributed by atoms with van der Waals surface area (Å²) >= 11 is 0. The van der Waals surface area contributed by atoms with Crippen molar-refractivity contribution in [1.82, 2.24) is 4.90 Å². The van der Waals surface area contributed by atoms with Crippen LogP contribution in [0.5, 0.6) is 0 Å². The molecule has 2 aliphatic rings. The van der Waals surface area contributed by atoms with E-state index in [1.165, 1.54) is 26.4 Å². The summed E-state index contributed by atoms with van der Waals surface area (Å²) in [5.41, 5.74) is 0. The number of carbonyl (C=O) groups excluding carboxylic acids is 2. The minimum atomic E-state index is -0.244. The topological polar surface area (TPSA) is 46.6 Å². The Morgan fingerprint density at radius 1 is 1.31 bits per heavy atom. The molecule has 1 saturated heterocycles. The molecule has 4 nitrogen and oxygen atoms in total. The van der Waals surface area contributed by atoms with Crippen LogP contribution in [0.25, 0.3) is 0 Å². The number of likely N-dealkylation sites (tertiary alicyclic amines) is 1. The van der Waals surface area contributed by atoms with Gasteiger partial charge in [0.25, 0.3) is 0 Å². The van der Waals surface area contributed by atoms with E-state index in [0.717, 1.165) is 12.8 Å². The lowest BCUT2D eigenvalue weighted by molar-refractivity contribution is -0.145. The van der Waals surface area contributed by atoms with Gasteiger partial charge in [0, 0.05) is 19.0 Å². The summed E-state index contributed by atoms with van der Waals surface area (Å²) in [5.74, 6) is -0.353. The quantitative estimate of drug-likeness (QED) is 0.666. The van der Waals surface area contributed by atoms with Crippen LogP contribution in [0, 0.1) is 5.92 Å². The van der Waals surface area contributed by atoms with E-state index in [4.69, 9.17) is 4.74 Å². The van der Waals surface area contributed by atoms with Crippen molar-refractivity contribution in [2.24, 2.45) is 5.92 Å². The van der Waals surface area contributed by atoms with Gasteiger partial charge in [-0.05, 0) is 12.8 Å². The van der Waals surface area contributed by atoms with Crippen molar-refractivity contribution in [3.63, 3.8) is 0 Å². The first-order valence-electron chi connectivity index (χ1n) is 6.09. The smallest absolute Gasteiger partial charge is 0.310 e. The van der Waals surface area contributed by atoms with Gasteiger partial charge in [0.2, 0.25) is 5.91 Å². The number of ether oxygens (including phenoxy) is 1. The van der Waals surface area contributed by atoms with E-state index < -0.39 is 0 Å². The van der Waals surface area contributed by atoms with E-state index in [-0.39, 0.29) is 17.8 Å². The summed E-state index contributed by atoms with van der Waals surface area (Å²) in [6.45, 7) is 0.566. The maximum absolute atomic E-state index is 11.8. The number of rotatable bonds is 2. The van der Waals surface area contributed by atoms with Crippen LogP contribution in [0.1, 0.15) is 38.5 Å². The van der Waals surface area contributed by atoms with Crippen LogP contribution < -0.4 is 0 Å². The van der Waals surface area contributed by atoms with Crippen LogP contribution in [0.3, 0.4) is 0 Å². The van der Waals surface area contributed by atoms with Gasteiger partial charge in [0.05, 0.1) is 13.0 Å². The van der Waals surface area contributed by atoms with Gasteiger partial charge >= 0.3 is 5.97 Å². The SMILES string of the molecule is COC(=O)[C@H]1CC(=O)N(C2CCCCC2)C1. The van der Waals surface area contributed by atoms with Crippen molar-refractivity contribution in [3.8, 4) is 0 Å². The molecule has 1 atom stereocenters. The molecule has 90 valence electrons. The summed E-state index contributed by atoms with van der Waals surface area (Å²) in [7, 11) is 1.38. The van der Waals surface area contributed by atoms with Crippen molar-refractivity contribution in [2.45, 2.75) is 44.6 Å². The van der Waals surface area contributed by atoms with Crippen molar-refractivity contribution in [2.75, 3.05) is 13.7 Å². The maximum Gasteiger partial charge on any atom is 0.310 e. The highest BCUT2D eigenvalue weighted by Gasteiger charge is 2.38. The van der Waals surface area contributed by atoms with Crippen molar-refractivity contribution in [1.29, 1.82) is 0 Å². The third kappa shape index (κ3) is 2.20. The lowest BCUT2D eigenvalue weighted by atomic mass is 9.94. The van der Waals surface area contributed by atoms with Crippen LogP contribution in [0.15, 0.2) is 0 Å². The number of hydrogen-bond donors (Lipinski definition) is 0. The first kappa shape index (κ1) is 11.4. The number of carbonyl (C=O) groups is 2. The van der Waals surface area contributed by atoms with Crippen molar-refractivity contribution < 1.29 is 14.3 Å². The van der Waals surface area contributed by atoms with E-state index >= 15 is 0 Å². The molecule has 16 heavy (non-hydrogen) atoms. The van der Waals surface area contributed by atoms with Crippen molar-refractivity contribution >= 4 is 11.9 Å². The maximum atomic E-state index is 11.8. The molecular weight excluding hydrogens is 206 g/mol. The zero-order chi connectivity index (χ0) is 11.5. The Bertz CT molecular complexity index is 284. The van der Waals surface area contributed by atoms with Crippen LogP contribution in [-0.2, 0) is 14.3 Å². The molecule has 0 bridgehead atoms. The standard InChI is InChI=1S/C12H19NO3/c1-16-12(15)9-7-11(14)13(8-9)10-5-3-2-4-6-10/h9-10H,2-8H2,1H3/t9-/m0/s1. The molecule has 0 aromatic heterocycles. The van der Waals surface area contributed by atoms with Gasteiger partial charge in [0.1, 0.15) is 0 Å². The summed E-state index contributed by atoms with van der Waals surface area (Å²) < 4.78 is 4.70. The Hall–Kier alpha value is -1.06.